The third kappa shape index (κ3) is 2.58. The molecular weight excluding hydrogens is 302 g/mol. The van der Waals surface area contributed by atoms with Crippen LogP contribution in [-0.4, -0.2) is 26.8 Å². The zero-order valence-electron chi connectivity index (χ0n) is 12.8. The molecule has 3 aromatic rings. The van der Waals surface area contributed by atoms with Gasteiger partial charge < -0.3 is 5.32 Å². The number of nitrogens with zero attached hydrogens (tertiary/aromatic N) is 4. The molecule has 24 heavy (non-hydrogen) atoms. The summed E-state index contributed by atoms with van der Waals surface area (Å²) in [5.41, 5.74) is 1.21. The predicted molar refractivity (Wildman–Crippen MR) is 94.8 cm³/mol. The largest absolute Gasteiger partial charge is 0.347 e. The van der Waals surface area contributed by atoms with Crippen molar-refractivity contribution in [3.05, 3.63) is 71.4 Å². The lowest BCUT2D eigenvalue weighted by molar-refractivity contribution is 0.873. The smallest absolute Gasteiger partial charge is 0.267 e. The zero-order valence-corrected chi connectivity index (χ0v) is 12.8. The first-order valence-corrected chi connectivity index (χ1v) is 7.70. The molecule has 3 heterocycles. The Kier molecular flexibility index (Phi) is 3.63. The van der Waals surface area contributed by atoms with Gasteiger partial charge in [0, 0.05) is 18.6 Å². The van der Waals surface area contributed by atoms with Crippen LogP contribution in [0.2, 0.25) is 0 Å². The average molecular weight is 317 g/mol. The lowest BCUT2D eigenvalue weighted by atomic mass is 10.2. The number of rotatable bonds is 3. The summed E-state index contributed by atoms with van der Waals surface area (Å²) in [6, 6.07) is 11.2. The van der Waals surface area contributed by atoms with Gasteiger partial charge in [-0.3, -0.25) is 14.8 Å². The fourth-order valence-corrected chi connectivity index (χ4v) is 2.70. The highest BCUT2D eigenvalue weighted by Crippen LogP contribution is 2.17. The number of pyridine rings is 1. The minimum atomic E-state index is -0.126. The predicted octanol–water partition coefficient (Wildman–Crippen LogP) is 2.55. The number of anilines is 1. The summed E-state index contributed by atoms with van der Waals surface area (Å²) >= 11 is 0. The molecule has 118 valence electrons. The van der Waals surface area contributed by atoms with Crippen LogP contribution in [0.15, 0.2) is 70.9 Å². The first-order valence-electron chi connectivity index (χ1n) is 7.70. The van der Waals surface area contributed by atoms with Crippen LogP contribution in [-0.2, 0) is 0 Å². The maximum atomic E-state index is 13.0. The third-order valence-electron chi connectivity index (χ3n) is 3.85. The number of aliphatic imine (C=N–C) groups is 1. The van der Waals surface area contributed by atoms with E-state index in [0.29, 0.717) is 16.9 Å². The van der Waals surface area contributed by atoms with Gasteiger partial charge in [-0.25, -0.2) is 9.55 Å². The van der Waals surface area contributed by atoms with Crippen LogP contribution in [0.5, 0.6) is 0 Å². The molecule has 1 atom stereocenters. The fraction of sp³-hybridized carbons (Fsp3) is 0.111. The summed E-state index contributed by atoms with van der Waals surface area (Å²) < 4.78 is 1.59. The Balaban J connectivity index is 1.91. The molecule has 1 unspecified atom stereocenters. The van der Waals surface area contributed by atoms with Crippen LogP contribution in [0.4, 0.5) is 5.95 Å². The van der Waals surface area contributed by atoms with Crippen LogP contribution in [0.3, 0.4) is 0 Å². The van der Waals surface area contributed by atoms with Crippen LogP contribution in [0, 0.1) is 0 Å². The normalized spacial score (nSPS) is 16.4. The minimum absolute atomic E-state index is 0.00835. The summed E-state index contributed by atoms with van der Waals surface area (Å²) in [5.74, 6) is 0.485. The average Bonchev–Trinajstić information content (AvgIpc) is 2.64. The maximum Gasteiger partial charge on any atom is 0.267 e. The molecule has 0 radical (unpaired) electrons. The van der Waals surface area contributed by atoms with Gasteiger partial charge in [0.2, 0.25) is 5.95 Å². The fourth-order valence-electron chi connectivity index (χ4n) is 2.70. The molecule has 0 amide bonds. The van der Waals surface area contributed by atoms with E-state index >= 15 is 0 Å². The van der Waals surface area contributed by atoms with E-state index in [9.17, 15) is 4.79 Å². The number of nitrogens with one attached hydrogen (secondary N) is 1. The Morgan fingerprint density at radius 2 is 2.04 bits per heavy atom. The molecule has 6 heteroatoms. The number of hydrogen-bond donors (Lipinski definition) is 1. The van der Waals surface area contributed by atoms with Gasteiger partial charge in [0.05, 0.1) is 28.8 Å². The number of benzene rings is 1. The lowest BCUT2D eigenvalue weighted by Crippen LogP contribution is -2.29. The summed E-state index contributed by atoms with van der Waals surface area (Å²) in [6.45, 7) is 0. The number of para-hydroxylation sites is 1. The van der Waals surface area contributed by atoms with Gasteiger partial charge in [-0.1, -0.05) is 24.3 Å². The van der Waals surface area contributed by atoms with E-state index in [1.165, 1.54) is 0 Å². The monoisotopic (exact) mass is 317 g/mol. The van der Waals surface area contributed by atoms with Crippen molar-refractivity contribution in [1.82, 2.24) is 14.5 Å². The first kappa shape index (κ1) is 14.3. The highest BCUT2D eigenvalue weighted by atomic mass is 16.1. The van der Waals surface area contributed by atoms with Crippen molar-refractivity contribution in [3.8, 4) is 5.69 Å². The molecule has 0 saturated heterocycles. The van der Waals surface area contributed by atoms with Crippen molar-refractivity contribution in [2.75, 3.05) is 5.32 Å². The Bertz CT molecular complexity index is 991. The molecule has 0 saturated carbocycles. The lowest BCUT2D eigenvalue weighted by Gasteiger charge is -2.19. The van der Waals surface area contributed by atoms with E-state index < -0.39 is 0 Å². The minimum Gasteiger partial charge on any atom is -0.347 e. The molecule has 6 nitrogen and oxygen atoms in total. The molecule has 0 fully saturated rings. The van der Waals surface area contributed by atoms with Gasteiger partial charge in [0.25, 0.3) is 5.56 Å². The number of aromatic nitrogens is 3. The molecule has 1 aliphatic rings. The Hall–Kier alpha value is -3.28. The van der Waals surface area contributed by atoms with Gasteiger partial charge >= 0.3 is 0 Å². The van der Waals surface area contributed by atoms with Gasteiger partial charge in [0.15, 0.2) is 0 Å². The second-order valence-corrected chi connectivity index (χ2v) is 5.47. The summed E-state index contributed by atoms with van der Waals surface area (Å²) in [5, 5.41) is 3.84. The van der Waals surface area contributed by atoms with Crippen LogP contribution >= 0.6 is 0 Å². The van der Waals surface area contributed by atoms with Crippen molar-refractivity contribution >= 4 is 23.1 Å². The van der Waals surface area contributed by atoms with Gasteiger partial charge in [-0.2, -0.15) is 0 Å². The Morgan fingerprint density at radius 3 is 2.83 bits per heavy atom. The zero-order chi connectivity index (χ0) is 16.4. The van der Waals surface area contributed by atoms with E-state index in [1.54, 1.807) is 29.2 Å². The van der Waals surface area contributed by atoms with Crippen LogP contribution < -0.4 is 10.9 Å². The van der Waals surface area contributed by atoms with Gasteiger partial charge in [-0.05, 0) is 24.6 Å². The highest BCUT2D eigenvalue weighted by molar-refractivity contribution is 5.79. The molecule has 0 bridgehead atoms. The van der Waals surface area contributed by atoms with E-state index in [0.717, 1.165) is 12.1 Å². The molecule has 1 N–H and O–H groups in total. The van der Waals surface area contributed by atoms with Crippen LogP contribution in [0.25, 0.3) is 16.6 Å². The van der Waals surface area contributed by atoms with E-state index in [-0.39, 0.29) is 11.6 Å². The second-order valence-electron chi connectivity index (χ2n) is 5.47. The third-order valence-corrected chi connectivity index (χ3v) is 3.85. The molecule has 0 aliphatic carbocycles. The highest BCUT2D eigenvalue weighted by Gasteiger charge is 2.15. The Morgan fingerprint density at radius 1 is 1.17 bits per heavy atom. The first-order chi connectivity index (χ1) is 11.8. The van der Waals surface area contributed by atoms with Crippen molar-refractivity contribution in [2.45, 2.75) is 12.5 Å². The summed E-state index contributed by atoms with van der Waals surface area (Å²) in [7, 11) is 0. The molecule has 0 spiro atoms. The van der Waals surface area contributed by atoms with Crippen molar-refractivity contribution in [1.29, 1.82) is 0 Å². The SMILES string of the molecule is O=c1c2ccncc2nc(NC2C=NC=CC2)n1-c1ccccc1. The Labute approximate surface area is 138 Å². The van der Waals surface area contributed by atoms with Crippen molar-refractivity contribution in [3.63, 3.8) is 0 Å². The van der Waals surface area contributed by atoms with E-state index in [4.69, 9.17) is 0 Å². The molecule has 2 aromatic heterocycles. The summed E-state index contributed by atoms with van der Waals surface area (Å²) in [4.78, 5) is 25.8. The standard InChI is InChI=1S/C18H15N5O/c24-17-15-8-10-20-12-16(15)22-18(21-13-5-4-9-19-11-13)23(17)14-6-2-1-3-7-14/h1-4,6-13H,5H2,(H,21,22). The molecular formula is C18H15N5O. The van der Waals surface area contributed by atoms with E-state index in [2.05, 4.69) is 20.3 Å². The quantitative estimate of drug-likeness (QED) is 0.806. The van der Waals surface area contributed by atoms with Crippen molar-refractivity contribution < 1.29 is 0 Å². The molecule has 4 rings (SSSR count). The summed E-state index contributed by atoms with van der Waals surface area (Å²) in [6.07, 6.45) is 9.55. The topological polar surface area (TPSA) is 72.2 Å². The van der Waals surface area contributed by atoms with Crippen molar-refractivity contribution in [2.24, 2.45) is 4.99 Å². The van der Waals surface area contributed by atoms with Gasteiger partial charge in [0.1, 0.15) is 0 Å². The number of fused-ring (bicyclic) bond motifs is 1. The number of hydrogen-bond acceptors (Lipinski definition) is 5. The molecule has 1 aliphatic heterocycles. The van der Waals surface area contributed by atoms with Crippen LogP contribution in [0.1, 0.15) is 6.42 Å². The van der Waals surface area contributed by atoms with Gasteiger partial charge in [-0.15, -0.1) is 0 Å². The van der Waals surface area contributed by atoms with E-state index in [1.807, 2.05) is 42.6 Å². The second kappa shape index (κ2) is 6.08. The molecule has 1 aromatic carbocycles. The maximum absolute atomic E-state index is 13.0.